The third-order valence-corrected chi connectivity index (χ3v) is 4.44. The second-order valence-corrected chi connectivity index (χ2v) is 6.47. The van der Waals surface area contributed by atoms with E-state index in [1.54, 1.807) is 19.2 Å². The first-order valence-corrected chi connectivity index (χ1v) is 7.95. The Balaban J connectivity index is 2.26. The second kappa shape index (κ2) is 5.99. The van der Waals surface area contributed by atoms with E-state index in [2.05, 4.69) is 4.90 Å². The molecule has 0 bridgehead atoms. The topological polar surface area (TPSA) is 81.9 Å². The highest BCUT2D eigenvalue weighted by atomic mass is 32.2. The fraction of sp³-hybridized carbons (Fsp3) is 0.538. The molecule has 0 aliphatic carbocycles. The summed E-state index contributed by atoms with van der Waals surface area (Å²) in [6.45, 7) is 2.45. The van der Waals surface area contributed by atoms with Crippen molar-refractivity contribution in [3.8, 4) is 5.75 Å². The van der Waals surface area contributed by atoms with Gasteiger partial charge < -0.3 is 14.4 Å². The molecule has 2 N–H and O–H groups in total. The Hall–Kier alpha value is -1.31. The number of sulfonamides is 1. The molecule has 1 heterocycles. The van der Waals surface area contributed by atoms with Crippen molar-refractivity contribution in [3.63, 3.8) is 0 Å². The second-order valence-electron chi connectivity index (χ2n) is 4.94. The lowest BCUT2D eigenvalue weighted by atomic mass is 10.1. The van der Waals surface area contributed by atoms with Crippen LogP contribution < -0.4 is 14.8 Å². The normalized spacial score (nSPS) is 19.4. The molecule has 6 nitrogen and oxygen atoms in total. The van der Waals surface area contributed by atoms with Gasteiger partial charge in [0, 0.05) is 31.8 Å². The maximum Gasteiger partial charge on any atom is 0.241 e. The van der Waals surface area contributed by atoms with Crippen molar-refractivity contribution in [2.24, 2.45) is 11.1 Å². The van der Waals surface area contributed by atoms with Gasteiger partial charge in [-0.25, -0.2) is 13.6 Å². The van der Waals surface area contributed by atoms with Crippen LogP contribution in [0.25, 0.3) is 0 Å². The zero-order chi connectivity index (χ0) is 14.8. The summed E-state index contributed by atoms with van der Waals surface area (Å²) in [6.07, 6.45) is 1.03. The molecule has 0 amide bonds. The number of ether oxygens (including phenoxy) is 2. The van der Waals surface area contributed by atoms with Crippen molar-refractivity contribution in [2.75, 3.05) is 38.8 Å². The highest BCUT2D eigenvalue weighted by Crippen LogP contribution is 2.30. The van der Waals surface area contributed by atoms with Crippen LogP contribution in [0.15, 0.2) is 23.1 Å². The Morgan fingerprint density at radius 1 is 1.40 bits per heavy atom. The Kier molecular flexibility index (Phi) is 4.52. The van der Waals surface area contributed by atoms with Crippen LogP contribution in [0.5, 0.6) is 5.75 Å². The number of hydrogen-bond donors (Lipinski definition) is 1. The predicted octanol–water partition coefficient (Wildman–Crippen LogP) is 0.815. The number of nitrogens with zero attached hydrogens (tertiary/aromatic N) is 1. The molecule has 2 rings (SSSR count). The first-order valence-electron chi connectivity index (χ1n) is 6.40. The van der Waals surface area contributed by atoms with Gasteiger partial charge in [0.05, 0.1) is 13.7 Å². The average molecular weight is 300 g/mol. The highest BCUT2D eigenvalue weighted by molar-refractivity contribution is 7.89. The number of methoxy groups -OCH3 is 2. The van der Waals surface area contributed by atoms with Gasteiger partial charge in [-0.2, -0.15) is 0 Å². The van der Waals surface area contributed by atoms with Crippen LogP contribution in [0.3, 0.4) is 0 Å². The van der Waals surface area contributed by atoms with Crippen LogP contribution >= 0.6 is 0 Å². The molecule has 0 spiro atoms. The fourth-order valence-electron chi connectivity index (χ4n) is 2.52. The van der Waals surface area contributed by atoms with Crippen LogP contribution in [0.2, 0.25) is 0 Å². The van der Waals surface area contributed by atoms with Crippen molar-refractivity contribution in [3.05, 3.63) is 18.2 Å². The van der Waals surface area contributed by atoms with Crippen molar-refractivity contribution >= 4 is 15.7 Å². The lowest BCUT2D eigenvalue weighted by Gasteiger charge is -2.20. The minimum atomic E-state index is -3.80. The molecule has 112 valence electrons. The van der Waals surface area contributed by atoms with Crippen LogP contribution in [0, 0.1) is 5.92 Å². The van der Waals surface area contributed by atoms with Crippen molar-refractivity contribution in [1.29, 1.82) is 0 Å². The molecule has 20 heavy (non-hydrogen) atoms. The van der Waals surface area contributed by atoms with E-state index in [4.69, 9.17) is 14.6 Å². The van der Waals surface area contributed by atoms with E-state index in [1.807, 2.05) is 6.07 Å². The Morgan fingerprint density at radius 3 is 2.75 bits per heavy atom. The standard InChI is InChI=1S/C13H20N2O4S/c1-18-9-10-5-6-15(8-10)11-3-4-12(19-2)13(7-11)20(14,16)17/h3-4,7,10H,5-6,8-9H2,1-2H3,(H2,14,16,17). The maximum atomic E-state index is 11.6. The molecule has 1 saturated heterocycles. The van der Waals surface area contributed by atoms with Gasteiger partial charge in [0.2, 0.25) is 10.0 Å². The maximum absolute atomic E-state index is 11.6. The number of nitrogens with two attached hydrogens (primary N) is 1. The van der Waals surface area contributed by atoms with E-state index in [0.29, 0.717) is 12.5 Å². The van der Waals surface area contributed by atoms with Gasteiger partial charge in [0.25, 0.3) is 0 Å². The van der Waals surface area contributed by atoms with Gasteiger partial charge in [-0.1, -0.05) is 0 Å². The van der Waals surface area contributed by atoms with Crippen LogP contribution in [-0.4, -0.2) is 42.3 Å². The molecule has 7 heteroatoms. The first-order chi connectivity index (χ1) is 9.45. The molecule has 1 fully saturated rings. The molecular weight excluding hydrogens is 280 g/mol. The average Bonchev–Trinajstić information content (AvgIpc) is 2.86. The number of hydrogen-bond acceptors (Lipinski definition) is 5. The molecule has 0 saturated carbocycles. The molecule has 0 aromatic heterocycles. The van der Waals surface area contributed by atoms with Gasteiger partial charge in [0.15, 0.2) is 0 Å². The lowest BCUT2D eigenvalue weighted by Crippen LogP contribution is -2.22. The SMILES string of the molecule is COCC1CCN(c2ccc(OC)c(S(N)(=O)=O)c2)C1. The summed E-state index contributed by atoms with van der Waals surface area (Å²) in [4.78, 5) is 2.16. The number of primary sulfonamides is 1. The van der Waals surface area contributed by atoms with E-state index in [0.717, 1.165) is 25.2 Å². The molecule has 1 aromatic rings. The summed E-state index contributed by atoms with van der Waals surface area (Å²) in [5.74, 6) is 0.740. The van der Waals surface area contributed by atoms with Crippen molar-refractivity contribution < 1.29 is 17.9 Å². The highest BCUT2D eigenvalue weighted by Gasteiger charge is 2.24. The molecular formula is C13H20N2O4S. The first kappa shape index (κ1) is 15.1. The molecule has 1 aliphatic heterocycles. The zero-order valence-corrected chi connectivity index (χ0v) is 12.5. The summed E-state index contributed by atoms with van der Waals surface area (Å²) in [5.41, 5.74) is 0.841. The van der Waals surface area contributed by atoms with Crippen LogP contribution in [0.4, 0.5) is 5.69 Å². The van der Waals surface area contributed by atoms with Gasteiger partial charge >= 0.3 is 0 Å². The molecule has 1 atom stereocenters. The molecule has 0 radical (unpaired) electrons. The van der Waals surface area contributed by atoms with E-state index in [1.165, 1.54) is 7.11 Å². The zero-order valence-electron chi connectivity index (χ0n) is 11.7. The summed E-state index contributed by atoms with van der Waals surface area (Å²) in [7, 11) is -0.683. The summed E-state index contributed by atoms with van der Waals surface area (Å²) in [6, 6.07) is 5.06. The van der Waals surface area contributed by atoms with Crippen LogP contribution in [0.1, 0.15) is 6.42 Å². The van der Waals surface area contributed by atoms with E-state index >= 15 is 0 Å². The Bertz CT molecular complexity index is 574. The largest absolute Gasteiger partial charge is 0.495 e. The van der Waals surface area contributed by atoms with Gasteiger partial charge in [0.1, 0.15) is 10.6 Å². The summed E-state index contributed by atoms with van der Waals surface area (Å²) < 4.78 is 33.4. The summed E-state index contributed by atoms with van der Waals surface area (Å²) in [5, 5.41) is 5.23. The number of benzene rings is 1. The monoisotopic (exact) mass is 300 g/mol. The molecule has 1 unspecified atom stereocenters. The van der Waals surface area contributed by atoms with Gasteiger partial charge in [-0.15, -0.1) is 0 Å². The van der Waals surface area contributed by atoms with Gasteiger partial charge in [-0.3, -0.25) is 0 Å². The third kappa shape index (κ3) is 3.23. The lowest BCUT2D eigenvalue weighted by molar-refractivity contribution is 0.161. The third-order valence-electron chi connectivity index (χ3n) is 3.51. The Morgan fingerprint density at radius 2 is 2.15 bits per heavy atom. The van der Waals surface area contributed by atoms with E-state index in [-0.39, 0.29) is 10.6 Å². The van der Waals surface area contributed by atoms with Crippen LogP contribution in [-0.2, 0) is 14.8 Å². The van der Waals surface area contributed by atoms with E-state index < -0.39 is 10.0 Å². The molecule has 1 aromatic carbocycles. The quantitative estimate of drug-likeness (QED) is 0.870. The van der Waals surface area contributed by atoms with Gasteiger partial charge in [-0.05, 0) is 24.6 Å². The number of anilines is 1. The minimum absolute atomic E-state index is 0.0210. The van der Waals surface area contributed by atoms with E-state index in [9.17, 15) is 8.42 Å². The van der Waals surface area contributed by atoms with Crippen molar-refractivity contribution in [2.45, 2.75) is 11.3 Å². The smallest absolute Gasteiger partial charge is 0.241 e. The molecule has 1 aliphatic rings. The number of rotatable bonds is 5. The fourth-order valence-corrected chi connectivity index (χ4v) is 3.24. The predicted molar refractivity (Wildman–Crippen MR) is 76.6 cm³/mol. The summed E-state index contributed by atoms with van der Waals surface area (Å²) >= 11 is 0. The Labute approximate surface area is 119 Å². The minimum Gasteiger partial charge on any atom is -0.495 e. The van der Waals surface area contributed by atoms with Crippen molar-refractivity contribution in [1.82, 2.24) is 0 Å².